The Labute approximate surface area is 185 Å². The summed E-state index contributed by atoms with van der Waals surface area (Å²) in [5.74, 6) is 0. The summed E-state index contributed by atoms with van der Waals surface area (Å²) < 4.78 is 4.95. The average molecular weight is 466 g/mol. The van der Waals surface area contributed by atoms with Gasteiger partial charge in [-0.1, -0.05) is 19.8 Å². The molecular weight excluding hydrogens is 418 g/mol. The fraction of sp³-hybridized carbons (Fsp3) is 1.00. The third kappa shape index (κ3) is 34.3. The second kappa shape index (κ2) is 27.6. The molecule has 0 aliphatic heterocycles. The SMILES string of the molecule is CC(O)COC(C)CO.CCCCC(O)CO.NC(CO)(CO)CO.OCC(O)CO. The van der Waals surface area contributed by atoms with Crippen molar-refractivity contribution in [3.8, 4) is 0 Å². The molecule has 0 aromatic carbocycles. The second-order valence-corrected chi connectivity index (χ2v) is 7.01. The van der Waals surface area contributed by atoms with E-state index in [-0.39, 0.29) is 32.5 Å². The van der Waals surface area contributed by atoms with Gasteiger partial charge in [0, 0.05) is 0 Å². The number of ether oxygens (including phenoxy) is 1. The van der Waals surface area contributed by atoms with Gasteiger partial charge in [0.1, 0.15) is 6.10 Å². The Balaban J connectivity index is -0.000000158. The molecule has 0 heterocycles. The molecule has 12 heteroatoms. The van der Waals surface area contributed by atoms with E-state index in [2.05, 4.69) is 6.92 Å². The van der Waals surface area contributed by atoms with Crippen molar-refractivity contribution in [2.45, 2.75) is 70.0 Å². The summed E-state index contributed by atoms with van der Waals surface area (Å²) >= 11 is 0. The summed E-state index contributed by atoms with van der Waals surface area (Å²) in [6.45, 7) is 3.72. The summed E-state index contributed by atoms with van der Waals surface area (Å²) in [6.07, 6.45) is 0.754. The Morgan fingerprint density at radius 1 is 0.742 bits per heavy atom. The molecule has 0 saturated carbocycles. The van der Waals surface area contributed by atoms with E-state index in [4.69, 9.17) is 61.5 Å². The van der Waals surface area contributed by atoms with Crippen LogP contribution in [0.1, 0.15) is 40.0 Å². The van der Waals surface area contributed by atoms with Gasteiger partial charge in [0.2, 0.25) is 0 Å². The van der Waals surface area contributed by atoms with Crippen LogP contribution in [0, 0.1) is 0 Å². The predicted molar refractivity (Wildman–Crippen MR) is 115 cm³/mol. The van der Waals surface area contributed by atoms with Gasteiger partial charge in [0.25, 0.3) is 0 Å². The lowest BCUT2D eigenvalue weighted by Gasteiger charge is -2.20. The van der Waals surface area contributed by atoms with Crippen molar-refractivity contribution in [1.82, 2.24) is 0 Å². The molecule has 12 nitrogen and oxygen atoms in total. The van der Waals surface area contributed by atoms with Crippen LogP contribution in [0.15, 0.2) is 0 Å². The topological polar surface area (TPSA) is 238 Å². The summed E-state index contributed by atoms with van der Waals surface area (Å²) in [7, 11) is 0. The molecule has 0 amide bonds. The van der Waals surface area contributed by atoms with E-state index in [1.54, 1.807) is 13.8 Å². The number of aliphatic hydroxyl groups is 10. The predicted octanol–water partition coefficient (Wildman–Crippen LogP) is -3.71. The van der Waals surface area contributed by atoms with Crippen LogP contribution >= 0.6 is 0 Å². The van der Waals surface area contributed by atoms with Crippen LogP contribution in [0.2, 0.25) is 0 Å². The van der Waals surface area contributed by atoms with Gasteiger partial charge in [-0.15, -0.1) is 0 Å². The van der Waals surface area contributed by atoms with Crippen molar-refractivity contribution in [3.63, 3.8) is 0 Å². The molecule has 0 radical (unpaired) electrons. The van der Waals surface area contributed by atoms with Gasteiger partial charge in [-0.25, -0.2) is 0 Å². The van der Waals surface area contributed by atoms with E-state index < -0.39 is 43.7 Å². The Kier molecular flexibility index (Phi) is 33.6. The van der Waals surface area contributed by atoms with Crippen LogP contribution in [0.3, 0.4) is 0 Å². The zero-order valence-corrected chi connectivity index (χ0v) is 19.0. The van der Waals surface area contributed by atoms with Crippen LogP contribution in [0.4, 0.5) is 0 Å². The third-order valence-electron chi connectivity index (χ3n) is 3.35. The van der Waals surface area contributed by atoms with Crippen molar-refractivity contribution in [3.05, 3.63) is 0 Å². The van der Waals surface area contributed by atoms with Gasteiger partial charge < -0.3 is 61.5 Å². The molecule has 0 aromatic rings. The molecule has 194 valence electrons. The highest BCUT2D eigenvalue weighted by Gasteiger charge is 2.20. The van der Waals surface area contributed by atoms with Gasteiger partial charge in [-0.05, 0) is 20.3 Å². The quantitative estimate of drug-likeness (QED) is 0.126. The highest BCUT2D eigenvalue weighted by Crippen LogP contribution is 1.98. The molecule has 3 unspecified atom stereocenters. The van der Waals surface area contributed by atoms with Crippen LogP contribution in [0.25, 0.3) is 0 Å². The van der Waals surface area contributed by atoms with Gasteiger partial charge in [0.15, 0.2) is 0 Å². The monoisotopic (exact) mass is 465 g/mol. The van der Waals surface area contributed by atoms with Crippen LogP contribution in [-0.4, -0.2) is 134 Å². The maximum atomic E-state index is 8.74. The minimum absolute atomic E-state index is 0.00667. The lowest BCUT2D eigenvalue weighted by Crippen LogP contribution is -2.50. The zero-order valence-electron chi connectivity index (χ0n) is 19.0. The van der Waals surface area contributed by atoms with Crippen LogP contribution in [-0.2, 0) is 4.74 Å². The second-order valence-electron chi connectivity index (χ2n) is 7.01. The van der Waals surface area contributed by atoms with Crippen LogP contribution in [0.5, 0.6) is 0 Å². The maximum absolute atomic E-state index is 8.74. The van der Waals surface area contributed by atoms with Crippen molar-refractivity contribution in [1.29, 1.82) is 0 Å². The van der Waals surface area contributed by atoms with E-state index in [1.165, 1.54) is 0 Å². The molecule has 0 spiro atoms. The van der Waals surface area contributed by atoms with E-state index in [9.17, 15) is 0 Å². The first-order valence-electron chi connectivity index (χ1n) is 10.2. The lowest BCUT2D eigenvalue weighted by molar-refractivity contribution is -0.0177. The van der Waals surface area contributed by atoms with E-state index >= 15 is 0 Å². The maximum Gasteiger partial charge on any atom is 0.100 e. The van der Waals surface area contributed by atoms with E-state index in [1.807, 2.05) is 0 Å². The summed E-state index contributed by atoms with van der Waals surface area (Å²) in [4.78, 5) is 0. The Bertz CT molecular complexity index is 309. The molecular formula is C19H47NO11. The molecule has 12 N–H and O–H groups in total. The molecule has 0 aromatic heterocycles. The summed E-state index contributed by atoms with van der Waals surface area (Å²) in [5.41, 5.74) is 3.94. The standard InChI is InChI=1S/C6H14O3.C6H14O2.C4H11NO3.C3H8O3/c1-5(8)4-9-6(2)3-7;1-2-3-4-6(8)5-7;5-4(1-6,2-7)3-8;4-1-3(6)2-5/h5-8H,3-4H2,1-2H3;6-8H,2-5H2,1H3;6-8H,1-3,5H2;3-6H,1-2H2. The van der Waals surface area contributed by atoms with Crippen molar-refractivity contribution < 1.29 is 55.8 Å². The zero-order chi connectivity index (χ0) is 25.3. The highest BCUT2D eigenvalue weighted by molar-refractivity contribution is 4.80. The molecule has 3 atom stereocenters. The number of nitrogens with two attached hydrogens (primary N) is 1. The fourth-order valence-corrected chi connectivity index (χ4v) is 1.10. The molecule has 0 aliphatic carbocycles. The molecule has 0 rings (SSSR count). The number of rotatable bonds is 13. The smallest absolute Gasteiger partial charge is 0.100 e. The highest BCUT2D eigenvalue weighted by atomic mass is 16.5. The summed E-state index contributed by atoms with van der Waals surface area (Å²) in [5, 5.41) is 83.2. The minimum Gasteiger partial charge on any atom is -0.394 e. The largest absolute Gasteiger partial charge is 0.394 e. The molecule has 0 fully saturated rings. The van der Waals surface area contributed by atoms with Crippen molar-refractivity contribution >= 4 is 0 Å². The number of unbranched alkanes of at least 4 members (excludes halogenated alkanes) is 1. The third-order valence-corrected chi connectivity index (χ3v) is 3.35. The van der Waals surface area contributed by atoms with Crippen molar-refractivity contribution in [2.75, 3.05) is 52.9 Å². The first-order valence-corrected chi connectivity index (χ1v) is 10.2. The van der Waals surface area contributed by atoms with Crippen molar-refractivity contribution in [2.24, 2.45) is 5.73 Å². The van der Waals surface area contributed by atoms with Gasteiger partial charge in [0.05, 0.1) is 76.7 Å². The summed E-state index contributed by atoms with van der Waals surface area (Å²) in [6, 6.07) is 0. The van der Waals surface area contributed by atoms with Gasteiger partial charge >= 0.3 is 0 Å². The minimum atomic E-state index is -1.21. The molecule has 31 heavy (non-hydrogen) atoms. The molecule has 0 aliphatic rings. The number of hydrogen-bond donors (Lipinski definition) is 11. The lowest BCUT2D eigenvalue weighted by atomic mass is 10.1. The Morgan fingerprint density at radius 3 is 1.35 bits per heavy atom. The normalized spacial score (nSPS) is 13.6. The van der Waals surface area contributed by atoms with Gasteiger partial charge in [-0.2, -0.15) is 0 Å². The average Bonchev–Trinajstić information content (AvgIpc) is 2.80. The van der Waals surface area contributed by atoms with E-state index in [0.29, 0.717) is 6.61 Å². The first-order chi connectivity index (χ1) is 14.5. The number of hydrogen-bond acceptors (Lipinski definition) is 12. The van der Waals surface area contributed by atoms with Crippen LogP contribution < -0.4 is 5.73 Å². The Hall–Kier alpha value is -0.480. The number of aliphatic hydroxyl groups excluding tert-OH is 10. The van der Waals surface area contributed by atoms with Gasteiger partial charge in [-0.3, -0.25) is 0 Å². The molecule has 0 saturated heterocycles. The first kappa shape index (κ1) is 37.8. The Morgan fingerprint density at radius 2 is 1.16 bits per heavy atom. The van der Waals surface area contributed by atoms with E-state index in [0.717, 1.165) is 19.3 Å². The molecule has 0 bridgehead atoms. The fourth-order valence-electron chi connectivity index (χ4n) is 1.10.